The van der Waals surface area contributed by atoms with E-state index in [-0.39, 0.29) is 11.9 Å². The van der Waals surface area contributed by atoms with Gasteiger partial charge in [-0.25, -0.2) is 0 Å². The first-order chi connectivity index (χ1) is 14.2. The number of methoxy groups -OCH3 is 2. The predicted octanol–water partition coefficient (Wildman–Crippen LogP) is 4.44. The van der Waals surface area contributed by atoms with Crippen LogP contribution in [0.2, 0.25) is 0 Å². The Bertz CT molecular complexity index is 866. The maximum absolute atomic E-state index is 13.4. The first-order valence-electron chi connectivity index (χ1n) is 10.5. The van der Waals surface area contributed by atoms with Crippen molar-refractivity contribution in [2.75, 3.05) is 33.9 Å². The van der Waals surface area contributed by atoms with Crippen molar-refractivity contribution in [1.82, 2.24) is 9.80 Å². The molecule has 0 N–H and O–H groups in total. The molecule has 0 radical (unpaired) electrons. The van der Waals surface area contributed by atoms with Crippen molar-refractivity contribution >= 4 is 17.2 Å². The van der Waals surface area contributed by atoms with Gasteiger partial charge in [0, 0.05) is 29.6 Å². The van der Waals surface area contributed by atoms with Crippen LogP contribution >= 0.6 is 11.3 Å². The molecule has 2 unspecified atom stereocenters. The van der Waals surface area contributed by atoms with Gasteiger partial charge in [0.05, 0.1) is 26.8 Å². The average Bonchev–Trinajstić information content (AvgIpc) is 3.42. The molecule has 2 aliphatic rings. The third-order valence-electron chi connectivity index (χ3n) is 6.30. The SMILES string of the molecule is CCC1c2ccsc2CCN1CC(=O)N1CCCC1c1cc(OC)ccc1OC. The lowest BCUT2D eigenvalue weighted by Crippen LogP contribution is -2.43. The number of amides is 1. The summed E-state index contributed by atoms with van der Waals surface area (Å²) in [6, 6.07) is 8.50. The number of carbonyl (C=O) groups excluding carboxylic acids is 1. The van der Waals surface area contributed by atoms with Gasteiger partial charge in [-0.1, -0.05) is 6.92 Å². The molecule has 0 spiro atoms. The number of benzene rings is 1. The summed E-state index contributed by atoms with van der Waals surface area (Å²) in [5.41, 5.74) is 2.47. The highest BCUT2D eigenvalue weighted by Gasteiger charge is 2.35. The van der Waals surface area contributed by atoms with E-state index in [0.717, 1.165) is 55.8 Å². The standard InChI is InChI=1S/C23H30N2O3S/c1-4-19-17-10-13-29-22(17)9-12-24(19)15-23(26)25-11-5-6-20(25)18-14-16(27-2)7-8-21(18)28-3/h7-8,10,13-14,19-20H,4-6,9,11-12,15H2,1-3H3. The minimum atomic E-state index is 0.0501. The van der Waals surface area contributed by atoms with Gasteiger partial charge in [-0.05, 0) is 60.9 Å². The quantitative estimate of drug-likeness (QED) is 0.701. The van der Waals surface area contributed by atoms with Crippen molar-refractivity contribution in [3.8, 4) is 11.5 Å². The van der Waals surface area contributed by atoms with Gasteiger partial charge in [0.1, 0.15) is 11.5 Å². The Kier molecular flexibility index (Phi) is 6.11. The zero-order valence-corrected chi connectivity index (χ0v) is 18.3. The molecule has 6 heteroatoms. The van der Waals surface area contributed by atoms with Crippen LogP contribution < -0.4 is 9.47 Å². The molecular formula is C23H30N2O3S. The number of nitrogens with zero attached hydrogens (tertiary/aromatic N) is 2. The number of hydrogen-bond donors (Lipinski definition) is 0. The lowest BCUT2D eigenvalue weighted by molar-refractivity contribution is -0.134. The van der Waals surface area contributed by atoms with Crippen molar-refractivity contribution in [3.63, 3.8) is 0 Å². The average molecular weight is 415 g/mol. The molecule has 1 aromatic carbocycles. The van der Waals surface area contributed by atoms with Gasteiger partial charge in [-0.2, -0.15) is 0 Å². The van der Waals surface area contributed by atoms with Gasteiger partial charge in [0.2, 0.25) is 5.91 Å². The molecule has 1 amide bonds. The summed E-state index contributed by atoms with van der Waals surface area (Å²) < 4.78 is 11.0. The van der Waals surface area contributed by atoms with Crippen LogP contribution in [-0.2, 0) is 11.2 Å². The molecule has 156 valence electrons. The Morgan fingerprint density at radius 3 is 2.79 bits per heavy atom. The first-order valence-corrected chi connectivity index (χ1v) is 11.4. The van der Waals surface area contributed by atoms with Gasteiger partial charge in [-0.3, -0.25) is 9.69 Å². The number of likely N-dealkylation sites (tertiary alicyclic amines) is 1. The van der Waals surface area contributed by atoms with E-state index in [2.05, 4.69) is 23.3 Å². The van der Waals surface area contributed by atoms with Crippen molar-refractivity contribution in [1.29, 1.82) is 0 Å². The minimum absolute atomic E-state index is 0.0501. The molecule has 2 aliphatic heterocycles. The minimum Gasteiger partial charge on any atom is -0.497 e. The predicted molar refractivity (Wildman–Crippen MR) is 116 cm³/mol. The van der Waals surface area contributed by atoms with Crippen molar-refractivity contribution in [3.05, 3.63) is 45.6 Å². The lowest BCUT2D eigenvalue weighted by Gasteiger charge is -2.36. The zero-order valence-electron chi connectivity index (χ0n) is 17.5. The summed E-state index contributed by atoms with van der Waals surface area (Å²) in [5, 5.41) is 2.18. The Morgan fingerprint density at radius 1 is 1.17 bits per heavy atom. The second-order valence-corrected chi connectivity index (χ2v) is 8.80. The fourth-order valence-electron chi connectivity index (χ4n) is 4.87. The number of ether oxygens (including phenoxy) is 2. The van der Waals surface area contributed by atoms with E-state index in [1.807, 2.05) is 34.4 Å². The third kappa shape index (κ3) is 3.88. The molecule has 0 bridgehead atoms. The maximum atomic E-state index is 13.4. The fraction of sp³-hybridized carbons (Fsp3) is 0.522. The fourth-order valence-corrected chi connectivity index (χ4v) is 5.80. The Morgan fingerprint density at radius 2 is 2.03 bits per heavy atom. The van der Waals surface area contributed by atoms with E-state index < -0.39 is 0 Å². The van der Waals surface area contributed by atoms with Crippen LogP contribution in [0.15, 0.2) is 29.6 Å². The van der Waals surface area contributed by atoms with E-state index in [1.54, 1.807) is 14.2 Å². The zero-order chi connectivity index (χ0) is 20.4. The summed E-state index contributed by atoms with van der Waals surface area (Å²) in [6.45, 7) is 4.46. The van der Waals surface area contributed by atoms with Crippen LogP contribution in [0, 0.1) is 0 Å². The highest BCUT2D eigenvalue weighted by molar-refractivity contribution is 7.10. The molecule has 1 saturated heterocycles. The summed E-state index contributed by atoms with van der Waals surface area (Å²) in [4.78, 5) is 19.3. The van der Waals surface area contributed by atoms with E-state index in [1.165, 1.54) is 10.4 Å². The van der Waals surface area contributed by atoms with Gasteiger partial charge >= 0.3 is 0 Å². The smallest absolute Gasteiger partial charge is 0.237 e. The summed E-state index contributed by atoms with van der Waals surface area (Å²) in [5.74, 6) is 1.84. The van der Waals surface area contributed by atoms with Gasteiger partial charge in [0.15, 0.2) is 0 Å². The van der Waals surface area contributed by atoms with Crippen LogP contribution in [-0.4, -0.2) is 49.6 Å². The van der Waals surface area contributed by atoms with Crippen molar-refractivity contribution < 1.29 is 14.3 Å². The van der Waals surface area contributed by atoms with Gasteiger partial charge in [-0.15, -0.1) is 11.3 Å². The molecule has 4 rings (SSSR count). The number of hydrogen-bond acceptors (Lipinski definition) is 5. The third-order valence-corrected chi connectivity index (χ3v) is 7.30. The molecule has 0 aliphatic carbocycles. The maximum Gasteiger partial charge on any atom is 0.237 e. The van der Waals surface area contributed by atoms with Crippen molar-refractivity contribution in [2.45, 2.75) is 44.7 Å². The highest BCUT2D eigenvalue weighted by atomic mass is 32.1. The highest BCUT2D eigenvalue weighted by Crippen LogP contribution is 2.40. The number of carbonyl (C=O) groups is 1. The number of rotatable bonds is 6. The van der Waals surface area contributed by atoms with Crippen molar-refractivity contribution in [2.24, 2.45) is 0 Å². The van der Waals surface area contributed by atoms with Crippen LogP contribution in [0.5, 0.6) is 11.5 Å². The lowest BCUT2D eigenvalue weighted by atomic mass is 9.97. The summed E-state index contributed by atoms with van der Waals surface area (Å²) in [6.07, 6.45) is 4.05. The molecule has 2 atom stereocenters. The molecule has 29 heavy (non-hydrogen) atoms. The Hall–Kier alpha value is -2.05. The Balaban J connectivity index is 1.53. The van der Waals surface area contributed by atoms with Crippen LogP contribution in [0.1, 0.15) is 54.3 Å². The Labute approximate surface area is 177 Å². The van der Waals surface area contributed by atoms with Crippen LogP contribution in [0.25, 0.3) is 0 Å². The van der Waals surface area contributed by atoms with Crippen LogP contribution in [0.4, 0.5) is 0 Å². The molecule has 1 fully saturated rings. The second kappa shape index (κ2) is 8.76. The molecule has 3 heterocycles. The van der Waals surface area contributed by atoms with E-state index >= 15 is 0 Å². The van der Waals surface area contributed by atoms with E-state index in [9.17, 15) is 4.79 Å². The van der Waals surface area contributed by atoms with Crippen LogP contribution in [0.3, 0.4) is 0 Å². The summed E-state index contributed by atoms with van der Waals surface area (Å²) in [7, 11) is 3.35. The number of fused-ring (bicyclic) bond motifs is 1. The molecule has 0 saturated carbocycles. The number of thiophene rings is 1. The molecule has 5 nitrogen and oxygen atoms in total. The van der Waals surface area contributed by atoms with Gasteiger partial charge in [0.25, 0.3) is 0 Å². The normalized spacial score (nSPS) is 21.8. The monoisotopic (exact) mass is 414 g/mol. The molecule has 2 aromatic rings. The first kappa shape index (κ1) is 20.2. The topological polar surface area (TPSA) is 42.0 Å². The molecule has 1 aromatic heterocycles. The van der Waals surface area contributed by atoms with Gasteiger partial charge < -0.3 is 14.4 Å². The summed E-state index contributed by atoms with van der Waals surface area (Å²) >= 11 is 1.85. The van der Waals surface area contributed by atoms with E-state index in [4.69, 9.17) is 9.47 Å². The largest absolute Gasteiger partial charge is 0.497 e. The molecular weight excluding hydrogens is 384 g/mol. The second-order valence-electron chi connectivity index (χ2n) is 7.80. The van der Waals surface area contributed by atoms with E-state index in [0.29, 0.717) is 12.6 Å².